The van der Waals surface area contributed by atoms with E-state index in [1.165, 1.54) is 12.8 Å². The van der Waals surface area contributed by atoms with Crippen LogP contribution in [0.4, 0.5) is 11.4 Å². The third-order valence-corrected chi connectivity index (χ3v) is 3.44. The molecule has 1 atom stereocenters. The van der Waals surface area contributed by atoms with Crippen LogP contribution in [0.2, 0.25) is 5.02 Å². The summed E-state index contributed by atoms with van der Waals surface area (Å²) >= 11 is 6.20. The lowest BCUT2D eigenvalue weighted by atomic mass is 10.1. The Labute approximate surface area is 118 Å². The summed E-state index contributed by atoms with van der Waals surface area (Å²) in [6.07, 6.45) is 2.36. The zero-order valence-electron chi connectivity index (χ0n) is 11.3. The quantitative estimate of drug-likeness (QED) is 0.869. The van der Waals surface area contributed by atoms with Crippen LogP contribution in [0.3, 0.4) is 0 Å². The van der Waals surface area contributed by atoms with Gasteiger partial charge >= 0.3 is 0 Å². The highest BCUT2D eigenvalue weighted by atomic mass is 35.5. The molecule has 0 aromatic heterocycles. The predicted octanol–water partition coefficient (Wildman–Crippen LogP) is 3.52. The lowest BCUT2D eigenvalue weighted by Crippen LogP contribution is -2.25. The Morgan fingerprint density at radius 3 is 3.05 bits per heavy atom. The largest absolute Gasteiger partial charge is 0.482 e. The van der Waals surface area contributed by atoms with Gasteiger partial charge in [-0.2, -0.15) is 0 Å². The molecule has 1 amide bonds. The van der Waals surface area contributed by atoms with Gasteiger partial charge in [0.25, 0.3) is 5.91 Å². The van der Waals surface area contributed by atoms with E-state index in [1.54, 1.807) is 6.07 Å². The summed E-state index contributed by atoms with van der Waals surface area (Å²) in [6.45, 7) is 5.32. The molecule has 0 aliphatic carbocycles. The van der Waals surface area contributed by atoms with Crippen molar-refractivity contribution < 1.29 is 9.53 Å². The van der Waals surface area contributed by atoms with Crippen LogP contribution in [-0.2, 0) is 4.79 Å². The SMILES string of the molecule is CCCC(C)CNc1cc2c(cc1Cl)NC(=O)CO2. The van der Waals surface area contributed by atoms with Gasteiger partial charge in [-0.15, -0.1) is 0 Å². The lowest BCUT2D eigenvalue weighted by molar-refractivity contribution is -0.118. The molecule has 0 spiro atoms. The van der Waals surface area contributed by atoms with Crippen molar-refractivity contribution in [3.05, 3.63) is 17.2 Å². The summed E-state index contributed by atoms with van der Waals surface area (Å²) in [4.78, 5) is 11.2. The first-order chi connectivity index (χ1) is 9.10. The zero-order chi connectivity index (χ0) is 13.8. The number of amides is 1. The number of benzene rings is 1. The van der Waals surface area contributed by atoms with Crippen LogP contribution in [0.1, 0.15) is 26.7 Å². The monoisotopic (exact) mass is 282 g/mol. The molecule has 2 rings (SSSR count). The molecule has 1 aromatic carbocycles. The summed E-state index contributed by atoms with van der Waals surface area (Å²) in [6, 6.07) is 3.57. The number of carbonyl (C=O) groups is 1. The van der Waals surface area contributed by atoms with Crippen LogP contribution in [0.25, 0.3) is 0 Å². The van der Waals surface area contributed by atoms with Crippen molar-refractivity contribution in [3.63, 3.8) is 0 Å². The predicted molar refractivity (Wildman–Crippen MR) is 78.1 cm³/mol. The minimum Gasteiger partial charge on any atom is -0.482 e. The number of halogens is 1. The number of nitrogens with one attached hydrogen (secondary N) is 2. The van der Waals surface area contributed by atoms with Gasteiger partial charge < -0.3 is 15.4 Å². The van der Waals surface area contributed by atoms with E-state index in [1.807, 2.05) is 6.07 Å². The van der Waals surface area contributed by atoms with E-state index in [-0.39, 0.29) is 12.5 Å². The standard InChI is InChI=1S/C14H19ClN2O2/c1-3-4-9(2)7-16-11-6-13-12(5-10(11)15)17-14(18)8-19-13/h5-6,9,16H,3-4,7-8H2,1-2H3,(H,17,18). The molecular weight excluding hydrogens is 264 g/mol. The molecule has 1 aromatic rings. The highest BCUT2D eigenvalue weighted by Gasteiger charge is 2.18. The number of ether oxygens (including phenoxy) is 1. The van der Waals surface area contributed by atoms with E-state index in [9.17, 15) is 4.79 Å². The number of hydrogen-bond donors (Lipinski definition) is 2. The number of anilines is 2. The molecule has 5 heteroatoms. The average molecular weight is 283 g/mol. The van der Waals surface area contributed by atoms with E-state index >= 15 is 0 Å². The van der Waals surface area contributed by atoms with Gasteiger partial charge in [-0.25, -0.2) is 0 Å². The number of fused-ring (bicyclic) bond motifs is 1. The average Bonchev–Trinajstić information content (AvgIpc) is 2.36. The third kappa shape index (κ3) is 3.53. The molecule has 1 unspecified atom stereocenters. The normalized spacial score (nSPS) is 15.2. The van der Waals surface area contributed by atoms with Crippen molar-refractivity contribution in [2.24, 2.45) is 5.92 Å². The maximum atomic E-state index is 11.2. The molecular formula is C14H19ClN2O2. The first-order valence-electron chi connectivity index (χ1n) is 6.60. The Morgan fingerprint density at radius 2 is 2.32 bits per heavy atom. The molecule has 4 nitrogen and oxygen atoms in total. The Balaban J connectivity index is 2.07. The Morgan fingerprint density at radius 1 is 1.53 bits per heavy atom. The molecule has 0 saturated heterocycles. The second-order valence-corrected chi connectivity index (χ2v) is 5.35. The Kier molecular flexibility index (Phi) is 4.53. The second kappa shape index (κ2) is 6.15. The number of rotatable bonds is 5. The van der Waals surface area contributed by atoms with Gasteiger partial charge in [0, 0.05) is 12.6 Å². The minimum atomic E-state index is -0.152. The van der Waals surface area contributed by atoms with Crippen molar-refractivity contribution in [1.29, 1.82) is 0 Å². The van der Waals surface area contributed by atoms with Crippen molar-refractivity contribution in [1.82, 2.24) is 0 Å². The molecule has 104 valence electrons. The summed E-state index contributed by atoms with van der Waals surface area (Å²) in [5.41, 5.74) is 1.48. The lowest BCUT2D eigenvalue weighted by Gasteiger charge is -2.20. The molecule has 1 aliphatic heterocycles. The van der Waals surface area contributed by atoms with E-state index in [0.717, 1.165) is 12.2 Å². The van der Waals surface area contributed by atoms with Crippen LogP contribution in [0, 0.1) is 5.92 Å². The van der Waals surface area contributed by atoms with Gasteiger partial charge in [0.2, 0.25) is 0 Å². The van der Waals surface area contributed by atoms with Crippen LogP contribution in [0.15, 0.2) is 12.1 Å². The maximum absolute atomic E-state index is 11.2. The summed E-state index contributed by atoms with van der Waals surface area (Å²) < 4.78 is 5.38. The van der Waals surface area contributed by atoms with E-state index in [2.05, 4.69) is 24.5 Å². The van der Waals surface area contributed by atoms with E-state index < -0.39 is 0 Å². The minimum absolute atomic E-state index is 0.0559. The molecule has 1 aliphatic rings. The smallest absolute Gasteiger partial charge is 0.262 e. The van der Waals surface area contributed by atoms with Crippen molar-refractivity contribution in [3.8, 4) is 5.75 Å². The van der Waals surface area contributed by atoms with Crippen LogP contribution in [-0.4, -0.2) is 19.1 Å². The van der Waals surface area contributed by atoms with Crippen molar-refractivity contribution in [2.45, 2.75) is 26.7 Å². The van der Waals surface area contributed by atoms with Crippen LogP contribution in [0.5, 0.6) is 5.75 Å². The second-order valence-electron chi connectivity index (χ2n) is 4.94. The topological polar surface area (TPSA) is 50.4 Å². The first-order valence-corrected chi connectivity index (χ1v) is 6.98. The summed E-state index contributed by atoms with van der Waals surface area (Å²) in [5, 5.41) is 6.66. The Bertz CT molecular complexity index is 477. The first kappa shape index (κ1) is 14.0. The molecule has 0 saturated carbocycles. The van der Waals surface area contributed by atoms with Gasteiger partial charge in [0.15, 0.2) is 6.61 Å². The van der Waals surface area contributed by atoms with Crippen molar-refractivity contribution in [2.75, 3.05) is 23.8 Å². The fraction of sp³-hybridized carbons (Fsp3) is 0.500. The van der Waals surface area contributed by atoms with E-state index in [4.69, 9.17) is 16.3 Å². The number of hydrogen-bond acceptors (Lipinski definition) is 3. The third-order valence-electron chi connectivity index (χ3n) is 3.12. The van der Waals surface area contributed by atoms with Gasteiger partial charge in [0.05, 0.1) is 16.4 Å². The van der Waals surface area contributed by atoms with Crippen molar-refractivity contribution >= 4 is 28.9 Å². The summed E-state index contributed by atoms with van der Waals surface area (Å²) in [7, 11) is 0. The maximum Gasteiger partial charge on any atom is 0.262 e. The van der Waals surface area contributed by atoms with Gasteiger partial charge in [-0.3, -0.25) is 4.79 Å². The molecule has 2 N–H and O–H groups in total. The highest BCUT2D eigenvalue weighted by Crippen LogP contribution is 2.36. The number of carbonyl (C=O) groups excluding carboxylic acids is 1. The highest BCUT2D eigenvalue weighted by molar-refractivity contribution is 6.33. The molecule has 19 heavy (non-hydrogen) atoms. The Hall–Kier alpha value is -1.42. The van der Waals surface area contributed by atoms with Gasteiger partial charge in [0.1, 0.15) is 5.75 Å². The molecule has 0 radical (unpaired) electrons. The van der Waals surface area contributed by atoms with Gasteiger partial charge in [-0.1, -0.05) is 31.9 Å². The molecule has 0 bridgehead atoms. The molecule has 0 fully saturated rings. The zero-order valence-corrected chi connectivity index (χ0v) is 12.0. The molecule has 1 heterocycles. The fourth-order valence-corrected chi connectivity index (χ4v) is 2.35. The van der Waals surface area contributed by atoms with Gasteiger partial charge in [-0.05, 0) is 18.4 Å². The van der Waals surface area contributed by atoms with Crippen LogP contribution >= 0.6 is 11.6 Å². The van der Waals surface area contributed by atoms with E-state index in [0.29, 0.717) is 22.4 Å². The fourth-order valence-electron chi connectivity index (χ4n) is 2.11. The summed E-state index contributed by atoms with van der Waals surface area (Å²) in [5.74, 6) is 1.10. The van der Waals surface area contributed by atoms with Crippen LogP contribution < -0.4 is 15.4 Å².